The van der Waals surface area contributed by atoms with Crippen molar-refractivity contribution in [2.24, 2.45) is 21.5 Å². The van der Waals surface area contributed by atoms with Crippen molar-refractivity contribution in [2.75, 3.05) is 4.90 Å². The average molecular weight is 319 g/mol. The molecular formula is C14H19BFN5O2. The third-order valence-electron chi connectivity index (χ3n) is 4.36. The van der Waals surface area contributed by atoms with Crippen molar-refractivity contribution in [1.82, 2.24) is 0 Å². The first kappa shape index (κ1) is 15.8. The maximum absolute atomic E-state index is 13.5. The Labute approximate surface area is 133 Å². The minimum atomic E-state index is -1.84. The molecule has 1 aromatic carbocycles. The van der Waals surface area contributed by atoms with Gasteiger partial charge in [0.25, 0.3) is 0 Å². The zero-order chi connectivity index (χ0) is 16.6. The number of nitrogens with two attached hydrogens (primary N) is 2. The highest BCUT2D eigenvalue weighted by Gasteiger charge is 2.43. The van der Waals surface area contributed by atoms with Crippen molar-refractivity contribution < 1.29 is 14.4 Å². The second-order valence-electron chi connectivity index (χ2n) is 5.90. The van der Waals surface area contributed by atoms with Gasteiger partial charge in [-0.2, -0.15) is 4.99 Å². The molecule has 7 nitrogen and oxygen atoms in total. The number of aliphatic imine (C=N–C) groups is 2. The summed E-state index contributed by atoms with van der Waals surface area (Å²) in [5.41, 5.74) is 11.5. The summed E-state index contributed by atoms with van der Waals surface area (Å²) in [7, 11) is -1.84. The number of anilines is 1. The van der Waals surface area contributed by atoms with E-state index in [-0.39, 0.29) is 17.4 Å². The SMILES string of the molecule is NC1=NC2(CCCCC2)N(c2ccc(F)cc2B(O)O)C(N)=N1. The zero-order valence-electron chi connectivity index (χ0n) is 12.6. The molecular weight excluding hydrogens is 300 g/mol. The van der Waals surface area contributed by atoms with Crippen molar-refractivity contribution in [1.29, 1.82) is 0 Å². The maximum Gasteiger partial charge on any atom is 0.490 e. The van der Waals surface area contributed by atoms with Crippen molar-refractivity contribution in [3.63, 3.8) is 0 Å². The number of halogens is 1. The molecule has 0 amide bonds. The van der Waals surface area contributed by atoms with Gasteiger partial charge in [0.05, 0.1) is 0 Å². The molecule has 9 heteroatoms. The number of hydrogen-bond donors (Lipinski definition) is 4. The third-order valence-corrected chi connectivity index (χ3v) is 4.36. The number of rotatable bonds is 2. The first-order valence-corrected chi connectivity index (χ1v) is 7.58. The fourth-order valence-electron chi connectivity index (χ4n) is 3.41. The highest BCUT2D eigenvalue weighted by atomic mass is 19.1. The Morgan fingerprint density at radius 2 is 1.87 bits per heavy atom. The molecule has 1 saturated carbocycles. The van der Waals surface area contributed by atoms with Gasteiger partial charge in [-0.05, 0) is 43.9 Å². The molecule has 122 valence electrons. The lowest BCUT2D eigenvalue weighted by atomic mass is 9.77. The van der Waals surface area contributed by atoms with Gasteiger partial charge in [0.1, 0.15) is 11.5 Å². The Morgan fingerprint density at radius 1 is 1.17 bits per heavy atom. The fourth-order valence-corrected chi connectivity index (χ4v) is 3.41. The van der Waals surface area contributed by atoms with E-state index < -0.39 is 18.6 Å². The minimum Gasteiger partial charge on any atom is -0.423 e. The maximum atomic E-state index is 13.5. The first-order chi connectivity index (χ1) is 10.9. The summed E-state index contributed by atoms with van der Waals surface area (Å²) < 4.78 is 13.5. The lowest BCUT2D eigenvalue weighted by Gasteiger charge is -2.46. The van der Waals surface area contributed by atoms with Gasteiger partial charge in [0, 0.05) is 11.2 Å². The van der Waals surface area contributed by atoms with Gasteiger partial charge in [0.15, 0.2) is 0 Å². The Bertz CT molecular complexity index is 673. The second-order valence-corrected chi connectivity index (χ2v) is 5.90. The summed E-state index contributed by atoms with van der Waals surface area (Å²) in [6.07, 6.45) is 4.39. The van der Waals surface area contributed by atoms with Crippen molar-refractivity contribution in [3.05, 3.63) is 24.0 Å². The summed E-state index contributed by atoms with van der Waals surface area (Å²) >= 11 is 0. The standard InChI is InChI=1S/C14H19BFN5O2/c16-9-4-5-11(10(8-9)15(22)23)21-13(18)19-12(17)20-14(21)6-2-1-3-7-14/h4-5,8,22-23H,1-3,6-7H2,(H4,17,18,19,20). The van der Waals surface area contributed by atoms with Gasteiger partial charge in [-0.25, -0.2) is 9.38 Å². The van der Waals surface area contributed by atoms with Crippen LogP contribution in [0.15, 0.2) is 28.2 Å². The summed E-state index contributed by atoms with van der Waals surface area (Å²) in [5, 5.41) is 19.2. The second kappa shape index (κ2) is 5.82. The van der Waals surface area contributed by atoms with Crippen LogP contribution in [0.1, 0.15) is 32.1 Å². The predicted octanol–water partition coefficient (Wildman–Crippen LogP) is -0.385. The topological polar surface area (TPSA) is 120 Å². The minimum absolute atomic E-state index is 0.0174. The normalized spacial score (nSPS) is 20.2. The van der Waals surface area contributed by atoms with E-state index in [1.54, 1.807) is 4.90 Å². The molecule has 23 heavy (non-hydrogen) atoms. The number of hydrogen-bond acceptors (Lipinski definition) is 7. The number of guanidine groups is 2. The molecule has 0 unspecified atom stereocenters. The summed E-state index contributed by atoms with van der Waals surface area (Å²) in [5.74, 6) is -0.341. The van der Waals surface area contributed by atoms with Crippen LogP contribution in [-0.4, -0.2) is 34.7 Å². The molecule has 1 aromatic rings. The van der Waals surface area contributed by atoms with Gasteiger partial charge in [0.2, 0.25) is 11.9 Å². The molecule has 1 aliphatic heterocycles. The van der Waals surface area contributed by atoms with Crippen molar-refractivity contribution >= 4 is 30.2 Å². The molecule has 1 spiro atoms. The van der Waals surface area contributed by atoms with Crippen LogP contribution < -0.4 is 21.8 Å². The molecule has 2 aliphatic rings. The molecule has 3 rings (SSSR count). The Balaban J connectivity index is 2.14. The number of nitrogens with zero attached hydrogens (tertiary/aromatic N) is 3. The zero-order valence-corrected chi connectivity index (χ0v) is 12.6. The quantitative estimate of drug-likeness (QED) is 0.554. The summed E-state index contributed by atoms with van der Waals surface area (Å²) in [4.78, 5) is 10.2. The molecule has 0 radical (unpaired) electrons. The van der Waals surface area contributed by atoms with E-state index in [2.05, 4.69) is 9.98 Å². The van der Waals surface area contributed by atoms with Gasteiger partial charge < -0.3 is 21.5 Å². The Hall–Kier alpha value is -2.13. The first-order valence-electron chi connectivity index (χ1n) is 7.58. The highest BCUT2D eigenvalue weighted by molar-refractivity contribution is 6.60. The van der Waals surface area contributed by atoms with Crippen LogP contribution in [-0.2, 0) is 0 Å². The summed E-state index contributed by atoms with van der Waals surface area (Å²) in [6.45, 7) is 0. The molecule has 0 bridgehead atoms. The fraction of sp³-hybridized carbons (Fsp3) is 0.429. The molecule has 0 aromatic heterocycles. The molecule has 6 N–H and O–H groups in total. The Morgan fingerprint density at radius 3 is 2.52 bits per heavy atom. The van der Waals surface area contributed by atoms with E-state index >= 15 is 0 Å². The molecule has 0 atom stereocenters. The lowest BCUT2D eigenvalue weighted by molar-refractivity contribution is 0.305. The van der Waals surface area contributed by atoms with Crippen LogP contribution in [0.25, 0.3) is 0 Å². The van der Waals surface area contributed by atoms with E-state index in [0.29, 0.717) is 18.5 Å². The van der Waals surface area contributed by atoms with Crippen LogP contribution in [0.2, 0.25) is 0 Å². The highest BCUT2D eigenvalue weighted by Crippen LogP contribution is 2.39. The van der Waals surface area contributed by atoms with Crippen LogP contribution in [0.4, 0.5) is 10.1 Å². The smallest absolute Gasteiger partial charge is 0.423 e. The number of benzene rings is 1. The van der Waals surface area contributed by atoms with E-state index in [1.165, 1.54) is 12.1 Å². The van der Waals surface area contributed by atoms with E-state index in [9.17, 15) is 14.4 Å². The van der Waals surface area contributed by atoms with E-state index in [1.807, 2.05) is 0 Å². The third kappa shape index (κ3) is 2.77. The van der Waals surface area contributed by atoms with Crippen LogP contribution in [0.3, 0.4) is 0 Å². The average Bonchev–Trinajstić information content (AvgIpc) is 2.48. The largest absolute Gasteiger partial charge is 0.490 e. The molecule has 1 fully saturated rings. The van der Waals surface area contributed by atoms with Gasteiger partial charge >= 0.3 is 7.12 Å². The van der Waals surface area contributed by atoms with Crippen LogP contribution in [0, 0.1) is 5.82 Å². The van der Waals surface area contributed by atoms with Gasteiger partial charge in [-0.1, -0.05) is 6.42 Å². The van der Waals surface area contributed by atoms with E-state index in [0.717, 1.165) is 25.3 Å². The molecule has 0 saturated heterocycles. The van der Waals surface area contributed by atoms with Crippen LogP contribution in [0.5, 0.6) is 0 Å². The lowest BCUT2D eigenvalue weighted by Crippen LogP contribution is -2.60. The Kier molecular flexibility index (Phi) is 3.99. The van der Waals surface area contributed by atoms with Gasteiger partial charge in [-0.15, -0.1) is 0 Å². The summed E-state index contributed by atoms with van der Waals surface area (Å²) in [6, 6.07) is 3.78. The van der Waals surface area contributed by atoms with Crippen LogP contribution >= 0.6 is 0 Å². The molecule has 1 heterocycles. The van der Waals surface area contributed by atoms with E-state index in [4.69, 9.17) is 11.5 Å². The molecule has 1 aliphatic carbocycles. The van der Waals surface area contributed by atoms with Crippen molar-refractivity contribution in [2.45, 2.75) is 37.8 Å². The predicted molar refractivity (Wildman–Crippen MR) is 87.8 cm³/mol. The monoisotopic (exact) mass is 319 g/mol. The van der Waals surface area contributed by atoms with Crippen molar-refractivity contribution in [3.8, 4) is 0 Å². The van der Waals surface area contributed by atoms with Gasteiger partial charge in [-0.3, -0.25) is 4.90 Å².